The van der Waals surface area contributed by atoms with E-state index >= 15 is 0 Å². The van der Waals surface area contributed by atoms with Crippen LogP contribution >= 0.6 is 11.3 Å². The molecule has 0 unspecified atom stereocenters. The molecule has 2 heterocycles. The average molecular weight is 250 g/mol. The molecule has 0 bridgehead atoms. The third kappa shape index (κ3) is 2.25. The first-order chi connectivity index (χ1) is 8.15. The average Bonchev–Trinajstić information content (AvgIpc) is 2.68. The summed E-state index contributed by atoms with van der Waals surface area (Å²) < 4.78 is 1.16. The van der Waals surface area contributed by atoms with E-state index in [9.17, 15) is 0 Å². The summed E-state index contributed by atoms with van der Waals surface area (Å²) in [7, 11) is 0. The van der Waals surface area contributed by atoms with Crippen LogP contribution in [0, 0.1) is 6.92 Å². The monoisotopic (exact) mass is 250 g/mol. The van der Waals surface area contributed by atoms with Gasteiger partial charge in [0.15, 0.2) is 0 Å². The molecule has 0 saturated heterocycles. The van der Waals surface area contributed by atoms with Gasteiger partial charge in [-0.2, -0.15) is 0 Å². The highest BCUT2D eigenvalue weighted by Crippen LogP contribution is 2.31. The molecular formula is C12H18N4S. The van der Waals surface area contributed by atoms with Crippen LogP contribution in [0.4, 0.5) is 5.82 Å². The first kappa shape index (κ1) is 12.3. The molecule has 2 aromatic rings. The van der Waals surface area contributed by atoms with Crippen molar-refractivity contribution >= 4 is 27.4 Å². The predicted molar refractivity (Wildman–Crippen MR) is 73.7 cm³/mol. The molecule has 0 aliphatic rings. The topological polar surface area (TPSA) is 55.0 Å². The Labute approximate surface area is 105 Å². The Morgan fingerprint density at radius 3 is 2.82 bits per heavy atom. The van der Waals surface area contributed by atoms with Gasteiger partial charge in [-0.25, -0.2) is 9.97 Å². The molecule has 2 N–H and O–H groups in total. The van der Waals surface area contributed by atoms with Gasteiger partial charge >= 0.3 is 0 Å². The Kier molecular flexibility index (Phi) is 3.59. The number of aryl methyl sites for hydroxylation is 1. The van der Waals surface area contributed by atoms with Crippen LogP contribution in [0.3, 0.4) is 0 Å². The Morgan fingerprint density at radius 1 is 1.41 bits per heavy atom. The molecule has 0 amide bonds. The van der Waals surface area contributed by atoms with Crippen molar-refractivity contribution in [2.24, 2.45) is 5.73 Å². The van der Waals surface area contributed by atoms with Gasteiger partial charge in [0, 0.05) is 19.1 Å². The summed E-state index contributed by atoms with van der Waals surface area (Å²) in [4.78, 5) is 11.0. The molecule has 0 fully saturated rings. The lowest BCUT2D eigenvalue weighted by molar-refractivity contribution is 0.677. The van der Waals surface area contributed by atoms with Gasteiger partial charge in [0.1, 0.15) is 12.1 Å². The Bertz CT molecular complexity index is 506. The van der Waals surface area contributed by atoms with E-state index in [1.165, 1.54) is 5.56 Å². The molecule has 0 aliphatic heterocycles. The van der Waals surface area contributed by atoms with Gasteiger partial charge < -0.3 is 10.6 Å². The largest absolute Gasteiger partial charge is 0.352 e. The zero-order valence-electron chi connectivity index (χ0n) is 10.5. The number of hydrogen-bond donors (Lipinski definition) is 1. The summed E-state index contributed by atoms with van der Waals surface area (Å²) in [5, 5.41) is 2.13. The maximum atomic E-state index is 5.67. The van der Waals surface area contributed by atoms with Crippen molar-refractivity contribution in [3.8, 4) is 0 Å². The van der Waals surface area contributed by atoms with Gasteiger partial charge in [-0.1, -0.05) is 0 Å². The summed E-state index contributed by atoms with van der Waals surface area (Å²) in [6, 6.07) is 0.388. The van der Waals surface area contributed by atoms with Crippen LogP contribution in [-0.2, 0) is 0 Å². The van der Waals surface area contributed by atoms with E-state index in [2.05, 4.69) is 41.0 Å². The standard InChI is InChI=1S/C12H18N4S/c1-8(2)16(5-4-13)12-11-10(14-7-15-12)9(3)6-17-11/h6-8H,4-5,13H2,1-3H3. The second-order valence-corrected chi connectivity index (χ2v) is 5.25. The summed E-state index contributed by atoms with van der Waals surface area (Å²) in [5.41, 5.74) is 7.94. The summed E-state index contributed by atoms with van der Waals surface area (Å²) in [6.07, 6.45) is 1.64. The quantitative estimate of drug-likeness (QED) is 0.903. The zero-order valence-corrected chi connectivity index (χ0v) is 11.3. The molecule has 4 nitrogen and oxygen atoms in total. The van der Waals surface area contributed by atoms with Gasteiger partial charge in [0.05, 0.1) is 10.2 Å². The highest BCUT2D eigenvalue weighted by atomic mass is 32.1. The number of hydrogen-bond acceptors (Lipinski definition) is 5. The first-order valence-electron chi connectivity index (χ1n) is 5.80. The zero-order chi connectivity index (χ0) is 12.4. The number of nitrogens with two attached hydrogens (primary N) is 1. The molecular weight excluding hydrogens is 232 g/mol. The molecule has 0 saturated carbocycles. The lowest BCUT2D eigenvalue weighted by atomic mass is 10.2. The van der Waals surface area contributed by atoms with Gasteiger partial charge in [0.25, 0.3) is 0 Å². The molecule has 92 valence electrons. The molecule has 0 aromatic carbocycles. The van der Waals surface area contributed by atoms with Gasteiger partial charge in [-0.15, -0.1) is 11.3 Å². The fraction of sp³-hybridized carbons (Fsp3) is 0.500. The number of nitrogens with zero attached hydrogens (tertiary/aromatic N) is 3. The Balaban J connectivity index is 2.52. The maximum absolute atomic E-state index is 5.67. The van der Waals surface area contributed by atoms with Crippen molar-refractivity contribution in [3.63, 3.8) is 0 Å². The predicted octanol–water partition coefficient (Wildman–Crippen LogP) is 2.17. The van der Waals surface area contributed by atoms with Crippen molar-refractivity contribution in [3.05, 3.63) is 17.3 Å². The summed E-state index contributed by atoms with van der Waals surface area (Å²) in [5.74, 6) is 1.01. The van der Waals surface area contributed by atoms with E-state index < -0.39 is 0 Å². The van der Waals surface area contributed by atoms with Crippen LogP contribution in [-0.4, -0.2) is 29.1 Å². The van der Waals surface area contributed by atoms with Crippen LogP contribution in [0.15, 0.2) is 11.7 Å². The fourth-order valence-electron chi connectivity index (χ4n) is 1.91. The number of rotatable bonds is 4. The molecule has 0 spiro atoms. The highest BCUT2D eigenvalue weighted by Gasteiger charge is 2.16. The molecule has 17 heavy (non-hydrogen) atoms. The summed E-state index contributed by atoms with van der Waals surface area (Å²) in [6.45, 7) is 7.85. The van der Waals surface area contributed by atoms with Gasteiger partial charge in [-0.05, 0) is 31.7 Å². The van der Waals surface area contributed by atoms with Crippen LogP contribution in [0.1, 0.15) is 19.4 Å². The first-order valence-corrected chi connectivity index (χ1v) is 6.68. The van der Waals surface area contributed by atoms with Gasteiger partial charge in [-0.3, -0.25) is 0 Å². The smallest absolute Gasteiger partial charge is 0.150 e. The van der Waals surface area contributed by atoms with E-state index in [1.54, 1.807) is 17.7 Å². The molecule has 0 radical (unpaired) electrons. The lowest BCUT2D eigenvalue weighted by Crippen LogP contribution is -2.36. The third-order valence-electron chi connectivity index (χ3n) is 2.78. The van der Waals surface area contributed by atoms with Crippen molar-refractivity contribution in [2.75, 3.05) is 18.0 Å². The minimum Gasteiger partial charge on any atom is -0.352 e. The minimum atomic E-state index is 0.388. The fourth-order valence-corrected chi connectivity index (χ4v) is 2.92. The number of thiophene rings is 1. The molecule has 2 rings (SSSR count). The van der Waals surface area contributed by atoms with Crippen LogP contribution < -0.4 is 10.6 Å². The van der Waals surface area contributed by atoms with Crippen molar-refractivity contribution in [1.82, 2.24) is 9.97 Å². The van der Waals surface area contributed by atoms with E-state index in [4.69, 9.17) is 5.73 Å². The van der Waals surface area contributed by atoms with Gasteiger partial charge in [0.2, 0.25) is 0 Å². The Hall–Kier alpha value is -1.20. The van der Waals surface area contributed by atoms with E-state index in [0.29, 0.717) is 12.6 Å². The molecule has 5 heteroatoms. The van der Waals surface area contributed by atoms with Crippen molar-refractivity contribution in [1.29, 1.82) is 0 Å². The lowest BCUT2D eigenvalue weighted by Gasteiger charge is -2.27. The molecule has 0 aliphatic carbocycles. The SMILES string of the molecule is Cc1csc2c(N(CCN)C(C)C)ncnc12. The maximum Gasteiger partial charge on any atom is 0.150 e. The second kappa shape index (κ2) is 4.98. The number of aromatic nitrogens is 2. The van der Waals surface area contributed by atoms with E-state index in [1.807, 2.05) is 0 Å². The van der Waals surface area contributed by atoms with Crippen LogP contribution in [0.25, 0.3) is 10.2 Å². The second-order valence-electron chi connectivity index (χ2n) is 4.37. The van der Waals surface area contributed by atoms with Crippen LogP contribution in [0.2, 0.25) is 0 Å². The number of anilines is 1. The van der Waals surface area contributed by atoms with E-state index in [0.717, 1.165) is 22.6 Å². The Morgan fingerprint density at radius 2 is 2.18 bits per heavy atom. The minimum absolute atomic E-state index is 0.388. The highest BCUT2D eigenvalue weighted by molar-refractivity contribution is 7.18. The van der Waals surface area contributed by atoms with Crippen molar-refractivity contribution in [2.45, 2.75) is 26.8 Å². The molecule has 2 aromatic heterocycles. The molecule has 0 atom stereocenters. The van der Waals surface area contributed by atoms with Crippen molar-refractivity contribution < 1.29 is 0 Å². The van der Waals surface area contributed by atoms with E-state index in [-0.39, 0.29) is 0 Å². The van der Waals surface area contributed by atoms with Crippen LogP contribution in [0.5, 0.6) is 0 Å². The number of fused-ring (bicyclic) bond motifs is 1. The summed E-state index contributed by atoms with van der Waals surface area (Å²) >= 11 is 1.70. The third-order valence-corrected chi connectivity index (χ3v) is 3.86. The normalized spacial score (nSPS) is 11.4.